The Kier molecular flexibility index (Phi) is 7.58. The van der Waals surface area contributed by atoms with E-state index in [0.717, 1.165) is 49.4 Å². The van der Waals surface area contributed by atoms with Crippen LogP contribution in [-0.4, -0.2) is 22.4 Å². The second-order valence-electron chi connectivity index (χ2n) is 11.0. The van der Waals surface area contributed by atoms with Gasteiger partial charge in [-0.3, -0.25) is 0 Å². The standard InChI is InChI=1S/C25H42O2.C2H6/c1-4-19(26)7-5-6-17-9-11-22-21-10-8-18-16-20(27)12-14-25(18,3)23(21)13-15-24(17,22)2;1-2/h8,17,19-23,26-27H,4-7,9-16H2,1-3H3;1-2H3. The molecule has 0 heterocycles. The van der Waals surface area contributed by atoms with Gasteiger partial charge in [-0.2, -0.15) is 0 Å². The molecule has 2 heteroatoms. The van der Waals surface area contributed by atoms with Crippen LogP contribution in [0.1, 0.15) is 112 Å². The number of aliphatic hydroxyl groups excluding tert-OH is 2. The molecule has 4 aliphatic carbocycles. The van der Waals surface area contributed by atoms with Gasteiger partial charge in [-0.15, -0.1) is 0 Å². The summed E-state index contributed by atoms with van der Waals surface area (Å²) in [6.45, 7) is 11.2. The minimum Gasteiger partial charge on any atom is -0.393 e. The number of rotatable bonds is 5. The third kappa shape index (κ3) is 4.22. The van der Waals surface area contributed by atoms with Crippen LogP contribution >= 0.6 is 0 Å². The Labute approximate surface area is 180 Å². The van der Waals surface area contributed by atoms with Crippen molar-refractivity contribution in [1.29, 1.82) is 0 Å². The topological polar surface area (TPSA) is 40.5 Å². The van der Waals surface area contributed by atoms with Crippen LogP contribution in [0.5, 0.6) is 0 Å². The number of allylic oxidation sites excluding steroid dienone is 1. The highest BCUT2D eigenvalue weighted by Gasteiger charge is 2.58. The van der Waals surface area contributed by atoms with Gasteiger partial charge in [0, 0.05) is 0 Å². The van der Waals surface area contributed by atoms with E-state index in [9.17, 15) is 10.2 Å². The number of aliphatic hydroxyl groups is 2. The first-order valence-electron chi connectivity index (χ1n) is 12.9. The second kappa shape index (κ2) is 9.43. The molecule has 2 nitrogen and oxygen atoms in total. The maximum atomic E-state index is 10.2. The molecular formula is C27H48O2. The van der Waals surface area contributed by atoms with E-state index in [1.807, 2.05) is 13.8 Å². The van der Waals surface area contributed by atoms with E-state index in [4.69, 9.17) is 0 Å². The van der Waals surface area contributed by atoms with E-state index in [0.29, 0.717) is 10.8 Å². The molecule has 0 aromatic carbocycles. The van der Waals surface area contributed by atoms with Crippen molar-refractivity contribution in [1.82, 2.24) is 0 Å². The monoisotopic (exact) mass is 404 g/mol. The van der Waals surface area contributed by atoms with Crippen LogP contribution in [-0.2, 0) is 0 Å². The van der Waals surface area contributed by atoms with Gasteiger partial charge >= 0.3 is 0 Å². The fraction of sp³-hybridized carbons (Fsp3) is 0.926. The Morgan fingerprint density at radius 1 is 1.07 bits per heavy atom. The minimum atomic E-state index is -0.0935. The molecule has 8 atom stereocenters. The van der Waals surface area contributed by atoms with Crippen LogP contribution in [0, 0.1) is 34.5 Å². The van der Waals surface area contributed by atoms with Crippen LogP contribution in [0.2, 0.25) is 0 Å². The van der Waals surface area contributed by atoms with Crippen LogP contribution in [0.4, 0.5) is 0 Å². The van der Waals surface area contributed by atoms with Gasteiger partial charge < -0.3 is 10.2 Å². The Balaban J connectivity index is 0.00000117. The highest BCUT2D eigenvalue weighted by Crippen LogP contribution is 2.66. The van der Waals surface area contributed by atoms with Crippen molar-refractivity contribution in [3.8, 4) is 0 Å². The highest BCUT2D eigenvalue weighted by atomic mass is 16.3. The molecule has 29 heavy (non-hydrogen) atoms. The Bertz CT molecular complexity index is 569. The van der Waals surface area contributed by atoms with E-state index >= 15 is 0 Å². The molecule has 2 N–H and O–H groups in total. The third-order valence-electron chi connectivity index (χ3n) is 9.84. The number of hydrogen-bond acceptors (Lipinski definition) is 2. The van der Waals surface area contributed by atoms with Crippen LogP contribution < -0.4 is 0 Å². The van der Waals surface area contributed by atoms with Crippen molar-refractivity contribution < 1.29 is 10.2 Å². The maximum Gasteiger partial charge on any atom is 0.0577 e. The molecule has 4 rings (SSSR count). The third-order valence-corrected chi connectivity index (χ3v) is 9.84. The molecule has 168 valence electrons. The van der Waals surface area contributed by atoms with Crippen molar-refractivity contribution >= 4 is 0 Å². The number of fused-ring (bicyclic) bond motifs is 5. The zero-order valence-corrected chi connectivity index (χ0v) is 19.9. The van der Waals surface area contributed by atoms with Crippen molar-refractivity contribution in [2.45, 2.75) is 124 Å². The van der Waals surface area contributed by atoms with E-state index in [-0.39, 0.29) is 12.2 Å². The Morgan fingerprint density at radius 3 is 2.55 bits per heavy atom. The highest BCUT2D eigenvalue weighted by molar-refractivity contribution is 5.25. The zero-order valence-electron chi connectivity index (χ0n) is 19.9. The van der Waals surface area contributed by atoms with Crippen molar-refractivity contribution in [2.24, 2.45) is 34.5 Å². The molecule has 3 saturated carbocycles. The molecule has 0 spiro atoms. The van der Waals surface area contributed by atoms with Gasteiger partial charge in [0.1, 0.15) is 0 Å². The molecule has 0 radical (unpaired) electrons. The van der Waals surface area contributed by atoms with Crippen molar-refractivity contribution in [2.75, 3.05) is 0 Å². The predicted molar refractivity (Wildman–Crippen MR) is 123 cm³/mol. The van der Waals surface area contributed by atoms with Gasteiger partial charge in [0.2, 0.25) is 0 Å². The smallest absolute Gasteiger partial charge is 0.0577 e. The zero-order chi connectivity index (χ0) is 21.2. The lowest BCUT2D eigenvalue weighted by atomic mass is 9.47. The largest absolute Gasteiger partial charge is 0.393 e. The van der Waals surface area contributed by atoms with Gasteiger partial charge in [-0.25, -0.2) is 0 Å². The quantitative estimate of drug-likeness (QED) is 0.490. The summed E-state index contributed by atoms with van der Waals surface area (Å²) in [5.41, 5.74) is 2.50. The van der Waals surface area contributed by atoms with E-state index in [2.05, 4.69) is 26.8 Å². The van der Waals surface area contributed by atoms with E-state index in [1.165, 1.54) is 51.4 Å². The maximum absolute atomic E-state index is 10.2. The normalized spacial score (nSPS) is 44.5. The van der Waals surface area contributed by atoms with Crippen molar-refractivity contribution in [3.63, 3.8) is 0 Å². The molecular weight excluding hydrogens is 356 g/mol. The summed E-state index contributed by atoms with van der Waals surface area (Å²) >= 11 is 0. The summed E-state index contributed by atoms with van der Waals surface area (Å²) in [4.78, 5) is 0. The SMILES string of the molecule is CC.CCC(O)CCCC1CCC2C3CC=C4CC(O)CCC4(C)C3CCC12C. The molecule has 4 aliphatic rings. The first-order valence-corrected chi connectivity index (χ1v) is 12.9. The van der Waals surface area contributed by atoms with Gasteiger partial charge in [0.15, 0.2) is 0 Å². The van der Waals surface area contributed by atoms with E-state index < -0.39 is 0 Å². The first kappa shape index (κ1) is 23.3. The summed E-state index contributed by atoms with van der Waals surface area (Å²) < 4.78 is 0. The lowest BCUT2D eigenvalue weighted by molar-refractivity contribution is -0.0511. The molecule has 0 bridgehead atoms. The molecule has 0 amide bonds. The molecule has 0 aromatic rings. The summed E-state index contributed by atoms with van der Waals surface area (Å²) in [5.74, 6) is 3.50. The molecule has 0 aromatic heterocycles. The Hall–Kier alpha value is -0.340. The molecule has 0 aliphatic heterocycles. The van der Waals surface area contributed by atoms with Crippen LogP contribution in [0.15, 0.2) is 11.6 Å². The second-order valence-corrected chi connectivity index (χ2v) is 11.0. The predicted octanol–water partition coefficient (Wildman–Crippen LogP) is 6.89. The van der Waals surface area contributed by atoms with Gasteiger partial charge in [-0.1, -0.05) is 52.7 Å². The van der Waals surface area contributed by atoms with E-state index in [1.54, 1.807) is 5.57 Å². The van der Waals surface area contributed by atoms with Gasteiger partial charge in [0.05, 0.1) is 12.2 Å². The summed E-state index contributed by atoms with van der Waals surface area (Å²) in [6, 6.07) is 0. The van der Waals surface area contributed by atoms with Gasteiger partial charge in [0.25, 0.3) is 0 Å². The average Bonchev–Trinajstić information content (AvgIpc) is 3.06. The fourth-order valence-electron chi connectivity index (χ4n) is 8.03. The first-order chi connectivity index (χ1) is 13.9. The minimum absolute atomic E-state index is 0.0887. The molecule has 8 unspecified atom stereocenters. The fourth-order valence-corrected chi connectivity index (χ4v) is 8.03. The Morgan fingerprint density at radius 2 is 1.83 bits per heavy atom. The lowest BCUT2D eigenvalue weighted by Gasteiger charge is -2.58. The van der Waals surface area contributed by atoms with Gasteiger partial charge in [-0.05, 0) is 105 Å². The summed E-state index contributed by atoms with van der Waals surface area (Å²) in [5, 5.41) is 20.1. The van der Waals surface area contributed by atoms with Crippen LogP contribution in [0.3, 0.4) is 0 Å². The lowest BCUT2D eigenvalue weighted by Crippen LogP contribution is -2.50. The summed E-state index contributed by atoms with van der Waals surface area (Å²) in [6.07, 6.45) is 16.8. The molecule has 0 saturated heterocycles. The molecule has 3 fully saturated rings. The van der Waals surface area contributed by atoms with Crippen LogP contribution in [0.25, 0.3) is 0 Å². The average molecular weight is 405 g/mol. The summed E-state index contributed by atoms with van der Waals surface area (Å²) in [7, 11) is 0. The van der Waals surface area contributed by atoms with Crippen molar-refractivity contribution in [3.05, 3.63) is 11.6 Å². The number of hydrogen-bond donors (Lipinski definition) is 2.